The summed E-state index contributed by atoms with van der Waals surface area (Å²) in [7, 11) is 3.50. The number of likely N-dealkylation sites (N-methyl/N-ethyl adjacent to an activating group) is 1. The van der Waals surface area contributed by atoms with Gasteiger partial charge in [-0.3, -0.25) is 0 Å². The lowest BCUT2D eigenvalue weighted by Crippen LogP contribution is -2.24. The van der Waals surface area contributed by atoms with E-state index in [0.717, 1.165) is 17.6 Å². The molecule has 0 spiro atoms. The van der Waals surface area contributed by atoms with Crippen molar-refractivity contribution in [2.45, 2.75) is 6.92 Å². The predicted molar refractivity (Wildman–Crippen MR) is 66.0 cm³/mol. The smallest absolute Gasteiger partial charge is 0.232 e. The summed E-state index contributed by atoms with van der Waals surface area (Å²) in [5.74, 6) is 1.16. The van der Waals surface area contributed by atoms with Crippen molar-refractivity contribution in [3.8, 4) is 5.88 Å². The molecule has 0 aliphatic rings. The lowest BCUT2D eigenvalue weighted by Gasteiger charge is -2.17. The van der Waals surface area contributed by atoms with Crippen LogP contribution in [0, 0.1) is 0 Å². The molecule has 0 unspecified atom stereocenters. The van der Waals surface area contributed by atoms with E-state index in [2.05, 4.69) is 25.9 Å². The highest BCUT2D eigenvalue weighted by Crippen LogP contribution is 2.22. The fourth-order valence-electron chi connectivity index (χ4n) is 1.12. The van der Waals surface area contributed by atoms with Crippen molar-refractivity contribution >= 4 is 21.9 Å². The SMILES string of the molecule is CCOCCN(C)c1ncc(Br)c(OC)n1. The molecule has 0 bridgehead atoms. The number of ether oxygens (including phenoxy) is 2. The molecule has 0 aromatic carbocycles. The van der Waals surface area contributed by atoms with E-state index in [-0.39, 0.29) is 0 Å². The summed E-state index contributed by atoms with van der Waals surface area (Å²) in [5.41, 5.74) is 0. The van der Waals surface area contributed by atoms with Crippen LogP contribution in [-0.2, 0) is 4.74 Å². The first kappa shape index (κ1) is 13.2. The Morgan fingerprint density at radius 1 is 1.50 bits per heavy atom. The van der Waals surface area contributed by atoms with Crippen LogP contribution in [0.15, 0.2) is 10.7 Å². The molecule has 1 heterocycles. The van der Waals surface area contributed by atoms with Gasteiger partial charge in [0.25, 0.3) is 0 Å². The summed E-state index contributed by atoms with van der Waals surface area (Å²) in [4.78, 5) is 10.4. The monoisotopic (exact) mass is 289 g/mol. The van der Waals surface area contributed by atoms with E-state index >= 15 is 0 Å². The van der Waals surface area contributed by atoms with Crippen LogP contribution in [0.1, 0.15) is 6.92 Å². The van der Waals surface area contributed by atoms with Gasteiger partial charge < -0.3 is 14.4 Å². The van der Waals surface area contributed by atoms with Crippen molar-refractivity contribution in [2.24, 2.45) is 0 Å². The summed E-state index contributed by atoms with van der Waals surface area (Å²) >= 11 is 3.31. The van der Waals surface area contributed by atoms with Crippen LogP contribution in [0.25, 0.3) is 0 Å². The number of nitrogens with zero attached hydrogens (tertiary/aromatic N) is 3. The van der Waals surface area contributed by atoms with Crippen LogP contribution in [0.5, 0.6) is 5.88 Å². The van der Waals surface area contributed by atoms with Crippen LogP contribution in [0.3, 0.4) is 0 Å². The Morgan fingerprint density at radius 3 is 2.88 bits per heavy atom. The largest absolute Gasteiger partial charge is 0.480 e. The number of halogens is 1. The van der Waals surface area contributed by atoms with Crippen molar-refractivity contribution in [3.63, 3.8) is 0 Å². The summed E-state index contributed by atoms with van der Waals surface area (Å²) < 4.78 is 11.1. The van der Waals surface area contributed by atoms with Gasteiger partial charge >= 0.3 is 0 Å². The number of hydrogen-bond acceptors (Lipinski definition) is 5. The molecule has 1 rings (SSSR count). The zero-order valence-corrected chi connectivity index (χ0v) is 11.3. The zero-order chi connectivity index (χ0) is 12.0. The molecule has 0 amide bonds. The molecule has 0 fully saturated rings. The van der Waals surface area contributed by atoms with E-state index in [1.807, 2.05) is 18.9 Å². The Hall–Kier alpha value is -0.880. The molecule has 16 heavy (non-hydrogen) atoms. The molecule has 0 saturated heterocycles. The van der Waals surface area contributed by atoms with E-state index < -0.39 is 0 Å². The van der Waals surface area contributed by atoms with E-state index in [1.54, 1.807) is 13.3 Å². The first-order valence-electron chi connectivity index (χ1n) is 5.04. The number of anilines is 1. The number of rotatable bonds is 6. The Balaban J connectivity index is 2.64. The molecule has 0 aliphatic carbocycles. The van der Waals surface area contributed by atoms with Gasteiger partial charge in [0.2, 0.25) is 11.8 Å². The lowest BCUT2D eigenvalue weighted by atomic mass is 10.5. The van der Waals surface area contributed by atoms with E-state index in [0.29, 0.717) is 18.4 Å². The van der Waals surface area contributed by atoms with Crippen molar-refractivity contribution in [1.82, 2.24) is 9.97 Å². The Bertz CT molecular complexity index is 336. The molecule has 6 heteroatoms. The minimum Gasteiger partial charge on any atom is -0.480 e. The third-order valence-electron chi connectivity index (χ3n) is 2.01. The molecule has 0 radical (unpaired) electrons. The van der Waals surface area contributed by atoms with Crippen molar-refractivity contribution in [3.05, 3.63) is 10.7 Å². The standard InChI is InChI=1S/C10H16BrN3O2/c1-4-16-6-5-14(2)10-12-7-8(11)9(13-10)15-3/h7H,4-6H2,1-3H3. The Kier molecular flexibility index (Phi) is 5.48. The zero-order valence-electron chi connectivity index (χ0n) is 9.73. The highest BCUT2D eigenvalue weighted by atomic mass is 79.9. The summed E-state index contributed by atoms with van der Waals surface area (Å²) in [6.07, 6.45) is 1.68. The van der Waals surface area contributed by atoms with Gasteiger partial charge in [-0.2, -0.15) is 4.98 Å². The van der Waals surface area contributed by atoms with E-state index in [9.17, 15) is 0 Å². The summed E-state index contributed by atoms with van der Waals surface area (Å²) in [6.45, 7) is 4.10. The topological polar surface area (TPSA) is 47.5 Å². The summed E-state index contributed by atoms with van der Waals surface area (Å²) in [6, 6.07) is 0. The normalized spacial score (nSPS) is 10.2. The van der Waals surface area contributed by atoms with Crippen LogP contribution >= 0.6 is 15.9 Å². The highest BCUT2D eigenvalue weighted by molar-refractivity contribution is 9.10. The second kappa shape index (κ2) is 6.65. The second-order valence-electron chi connectivity index (χ2n) is 3.15. The van der Waals surface area contributed by atoms with Crippen LogP contribution in [-0.4, -0.2) is 43.9 Å². The van der Waals surface area contributed by atoms with Gasteiger partial charge in [0, 0.05) is 20.2 Å². The van der Waals surface area contributed by atoms with Crippen molar-refractivity contribution in [1.29, 1.82) is 0 Å². The van der Waals surface area contributed by atoms with Crippen LogP contribution in [0.2, 0.25) is 0 Å². The van der Waals surface area contributed by atoms with Crippen LogP contribution in [0.4, 0.5) is 5.95 Å². The van der Waals surface area contributed by atoms with Gasteiger partial charge in [-0.25, -0.2) is 4.98 Å². The average Bonchev–Trinajstić information content (AvgIpc) is 2.30. The Labute approximate surface area is 104 Å². The van der Waals surface area contributed by atoms with E-state index in [4.69, 9.17) is 9.47 Å². The van der Waals surface area contributed by atoms with Gasteiger partial charge in [0.15, 0.2) is 0 Å². The number of aromatic nitrogens is 2. The maximum atomic E-state index is 5.27. The van der Waals surface area contributed by atoms with Crippen LogP contribution < -0.4 is 9.64 Å². The fraction of sp³-hybridized carbons (Fsp3) is 0.600. The lowest BCUT2D eigenvalue weighted by molar-refractivity contribution is 0.154. The fourth-order valence-corrected chi connectivity index (χ4v) is 1.47. The predicted octanol–water partition coefficient (Wildman–Crippen LogP) is 1.72. The van der Waals surface area contributed by atoms with Gasteiger partial charge in [-0.15, -0.1) is 0 Å². The minimum atomic E-state index is 0.535. The highest BCUT2D eigenvalue weighted by Gasteiger charge is 2.08. The van der Waals surface area contributed by atoms with Gasteiger partial charge in [0.05, 0.1) is 24.4 Å². The molecule has 1 aromatic heterocycles. The number of methoxy groups -OCH3 is 1. The average molecular weight is 290 g/mol. The maximum absolute atomic E-state index is 5.27. The molecule has 90 valence electrons. The molecular formula is C10H16BrN3O2. The minimum absolute atomic E-state index is 0.535. The first-order valence-corrected chi connectivity index (χ1v) is 5.83. The molecule has 1 aromatic rings. The molecule has 0 atom stereocenters. The van der Waals surface area contributed by atoms with Crippen molar-refractivity contribution in [2.75, 3.05) is 38.8 Å². The number of hydrogen-bond donors (Lipinski definition) is 0. The quantitative estimate of drug-likeness (QED) is 0.747. The van der Waals surface area contributed by atoms with Gasteiger partial charge in [0.1, 0.15) is 0 Å². The van der Waals surface area contributed by atoms with Crippen molar-refractivity contribution < 1.29 is 9.47 Å². The maximum Gasteiger partial charge on any atom is 0.232 e. The molecule has 0 N–H and O–H groups in total. The van der Waals surface area contributed by atoms with Gasteiger partial charge in [-0.05, 0) is 22.9 Å². The second-order valence-corrected chi connectivity index (χ2v) is 4.00. The summed E-state index contributed by atoms with van der Waals surface area (Å²) in [5, 5.41) is 0. The molecule has 0 aliphatic heterocycles. The van der Waals surface area contributed by atoms with E-state index in [1.165, 1.54) is 0 Å². The molecule has 5 nitrogen and oxygen atoms in total. The Morgan fingerprint density at radius 2 is 2.25 bits per heavy atom. The first-order chi connectivity index (χ1) is 7.69. The molecule has 0 saturated carbocycles. The third kappa shape index (κ3) is 3.61. The molecular weight excluding hydrogens is 274 g/mol. The third-order valence-corrected chi connectivity index (χ3v) is 2.55. The van der Waals surface area contributed by atoms with Gasteiger partial charge in [-0.1, -0.05) is 0 Å².